The van der Waals surface area contributed by atoms with Gasteiger partial charge in [-0.2, -0.15) is 0 Å². The fourth-order valence-electron chi connectivity index (χ4n) is 2.85. The standard InChI is InChI=1S/C16H20N4O3S/c1-24(22,23)20-8-6-12(7-9-20)16(21)18-11-13-10-17-14-4-2-3-5-15(14)19-13/h2-5,10,12H,6-9,11H2,1H3,(H,18,21). The molecule has 0 radical (unpaired) electrons. The second-order valence-corrected chi connectivity index (χ2v) is 7.99. The molecular formula is C16H20N4O3S. The van der Waals surface area contributed by atoms with E-state index in [1.54, 1.807) is 6.20 Å². The Bertz CT molecular complexity index is 845. The molecule has 1 N–H and O–H groups in total. The Balaban J connectivity index is 1.55. The largest absolute Gasteiger partial charge is 0.350 e. The Hall–Kier alpha value is -2.06. The number of amides is 1. The highest BCUT2D eigenvalue weighted by molar-refractivity contribution is 7.88. The number of rotatable bonds is 4. The van der Waals surface area contributed by atoms with Gasteiger partial charge in [0.25, 0.3) is 0 Å². The van der Waals surface area contributed by atoms with Gasteiger partial charge in [0.15, 0.2) is 0 Å². The molecule has 0 unspecified atom stereocenters. The topological polar surface area (TPSA) is 92.3 Å². The predicted octanol–water partition coefficient (Wildman–Crippen LogP) is 0.918. The zero-order valence-corrected chi connectivity index (χ0v) is 14.3. The zero-order valence-electron chi connectivity index (χ0n) is 13.5. The summed E-state index contributed by atoms with van der Waals surface area (Å²) in [6.45, 7) is 1.11. The molecule has 1 fully saturated rings. The smallest absolute Gasteiger partial charge is 0.223 e. The van der Waals surface area contributed by atoms with E-state index in [9.17, 15) is 13.2 Å². The highest BCUT2D eigenvalue weighted by atomic mass is 32.2. The molecule has 0 spiro atoms. The molecule has 2 aromatic rings. The van der Waals surface area contributed by atoms with Crippen molar-refractivity contribution in [1.29, 1.82) is 0 Å². The molecule has 24 heavy (non-hydrogen) atoms. The maximum atomic E-state index is 12.3. The van der Waals surface area contributed by atoms with E-state index < -0.39 is 10.0 Å². The first kappa shape index (κ1) is 16.8. The van der Waals surface area contributed by atoms with Crippen LogP contribution < -0.4 is 5.32 Å². The quantitative estimate of drug-likeness (QED) is 0.887. The van der Waals surface area contributed by atoms with Crippen LogP contribution in [0.5, 0.6) is 0 Å². The van der Waals surface area contributed by atoms with Crippen LogP contribution in [-0.2, 0) is 21.4 Å². The van der Waals surface area contributed by atoms with Crippen molar-refractivity contribution in [2.75, 3.05) is 19.3 Å². The van der Waals surface area contributed by atoms with Crippen molar-refractivity contribution in [3.05, 3.63) is 36.2 Å². The van der Waals surface area contributed by atoms with E-state index in [1.807, 2.05) is 24.3 Å². The van der Waals surface area contributed by atoms with E-state index >= 15 is 0 Å². The van der Waals surface area contributed by atoms with Crippen molar-refractivity contribution in [3.63, 3.8) is 0 Å². The van der Waals surface area contributed by atoms with E-state index in [0.717, 1.165) is 11.0 Å². The van der Waals surface area contributed by atoms with Gasteiger partial charge in [-0.1, -0.05) is 12.1 Å². The van der Waals surface area contributed by atoms with Gasteiger partial charge in [0.05, 0.1) is 35.7 Å². The molecule has 0 saturated carbocycles. The van der Waals surface area contributed by atoms with E-state index in [0.29, 0.717) is 38.2 Å². The minimum absolute atomic E-state index is 0.0573. The van der Waals surface area contributed by atoms with Crippen molar-refractivity contribution < 1.29 is 13.2 Å². The van der Waals surface area contributed by atoms with E-state index in [4.69, 9.17) is 0 Å². The fraction of sp³-hybridized carbons (Fsp3) is 0.438. The van der Waals surface area contributed by atoms with Crippen molar-refractivity contribution in [2.45, 2.75) is 19.4 Å². The molecule has 1 aromatic carbocycles. The lowest BCUT2D eigenvalue weighted by molar-refractivity contribution is -0.126. The summed E-state index contributed by atoms with van der Waals surface area (Å²) in [5.41, 5.74) is 2.32. The summed E-state index contributed by atoms with van der Waals surface area (Å²) in [6.07, 6.45) is 3.95. The Kier molecular flexibility index (Phi) is 4.77. The number of hydrogen-bond acceptors (Lipinski definition) is 5. The van der Waals surface area contributed by atoms with Gasteiger partial charge in [-0.15, -0.1) is 0 Å². The summed E-state index contributed by atoms with van der Waals surface area (Å²) in [4.78, 5) is 21.1. The fourth-order valence-corrected chi connectivity index (χ4v) is 3.73. The van der Waals surface area contributed by atoms with Gasteiger partial charge in [-0.25, -0.2) is 17.7 Å². The molecule has 0 atom stereocenters. The maximum Gasteiger partial charge on any atom is 0.223 e. The van der Waals surface area contributed by atoms with Crippen LogP contribution in [0.2, 0.25) is 0 Å². The third kappa shape index (κ3) is 3.88. The van der Waals surface area contributed by atoms with Crippen LogP contribution in [0.25, 0.3) is 11.0 Å². The molecule has 128 valence electrons. The van der Waals surface area contributed by atoms with Gasteiger partial charge in [-0.05, 0) is 25.0 Å². The molecule has 3 rings (SSSR count). The molecule has 1 aromatic heterocycles. The predicted molar refractivity (Wildman–Crippen MR) is 90.5 cm³/mol. The SMILES string of the molecule is CS(=O)(=O)N1CCC(C(=O)NCc2cnc3ccccc3n2)CC1. The minimum atomic E-state index is -3.17. The average molecular weight is 348 g/mol. The van der Waals surface area contributed by atoms with Crippen LogP contribution in [0.4, 0.5) is 0 Å². The average Bonchev–Trinajstić information content (AvgIpc) is 2.59. The summed E-state index contributed by atoms with van der Waals surface area (Å²) in [7, 11) is -3.17. The first-order valence-electron chi connectivity index (χ1n) is 7.87. The lowest BCUT2D eigenvalue weighted by Gasteiger charge is -2.29. The minimum Gasteiger partial charge on any atom is -0.350 e. The Morgan fingerprint density at radius 3 is 2.58 bits per heavy atom. The monoisotopic (exact) mass is 348 g/mol. The summed E-state index contributed by atoms with van der Waals surface area (Å²) >= 11 is 0. The second-order valence-electron chi connectivity index (χ2n) is 6.00. The number of para-hydroxylation sites is 2. The van der Waals surface area contributed by atoms with Crippen LogP contribution >= 0.6 is 0 Å². The molecule has 0 bridgehead atoms. The Labute approximate surface area is 141 Å². The van der Waals surface area contributed by atoms with Crippen LogP contribution in [0, 0.1) is 5.92 Å². The van der Waals surface area contributed by atoms with Gasteiger partial charge in [0.2, 0.25) is 15.9 Å². The number of nitrogens with zero attached hydrogens (tertiary/aromatic N) is 3. The van der Waals surface area contributed by atoms with E-state index in [1.165, 1.54) is 10.6 Å². The third-order valence-corrected chi connectivity index (χ3v) is 5.54. The Morgan fingerprint density at radius 1 is 1.25 bits per heavy atom. The number of aromatic nitrogens is 2. The van der Waals surface area contributed by atoms with Crippen molar-refractivity contribution >= 4 is 27.0 Å². The van der Waals surface area contributed by atoms with Crippen LogP contribution in [0.1, 0.15) is 18.5 Å². The van der Waals surface area contributed by atoms with Crippen LogP contribution in [0.3, 0.4) is 0 Å². The molecule has 0 aliphatic carbocycles. The Morgan fingerprint density at radius 2 is 1.92 bits per heavy atom. The molecule has 1 aliphatic rings. The van der Waals surface area contributed by atoms with Gasteiger partial charge < -0.3 is 5.32 Å². The first-order chi connectivity index (χ1) is 11.4. The number of hydrogen-bond donors (Lipinski definition) is 1. The lowest BCUT2D eigenvalue weighted by Crippen LogP contribution is -2.42. The van der Waals surface area contributed by atoms with Gasteiger partial charge >= 0.3 is 0 Å². The first-order valence-corrected chi connectivity index (χ1v) is 9.72. The number of sulfonamides is 1. The number of carbonyl (C=O) groups is 1. The number of nitrogens with one attached hydrogen (secondary N) is 1. The van der Waals surface area contributed by atoms with Crippen LogP contribution in [0.15, 0.2) is 30.5 Å². The van der Waals surface area contributed by atoms with Gasteiger partial charge in [-0.3, -0.25) is 9.78 Å². The number of benzene rings is 1. The molecule has 2 heterocycles. The number of carbonyl (C=O) groups excluding carboxylic acids is 1. The summed E-state index contributed by atoms with van der Waals surface area (Å²) in [6, 6.07) is 7.57. The third-order valence-electron chi connectivity index (χ3n) is 4.24. The normalized spacial score (nSPS) is 17.0. The van der Waals surface area contributed by atoms with E-state index in [-0.39, 0.29) is 11.8 Å². The highest BCUT2D eigenvalue weighted by Crippen LogP contribution is 2.19. The number of piperidine rings is 1. The maximum absolute atomic E-state index is 12.3. The summed E-state index contributed by atoms with van der Waals surface area (Å²) < 4.78 is 24.4. The second kappa shape index (κ2) is 6.82. The number of fused-ring (bicyclic) bond motifs is 1. The molecular weight excluding hydrogens is 328 g/mol. The molecule has 7 nitrogen and oxygen atoms in total. The van der Waals surface area contributed by atoms with Crippen molar-refractivity contribution in [1.82, 2.24) is 19.6 Å². The highest BCUT2D eigenvalue weighted by Gasteiger charge is 2.28. The summed E-state index contributed by atoms with van der Waals surface area (Å²) in [5, 5.41) is 2.88. The molecule has 1 saturated heterocycles. The molecule has 1 aliphatic heterocycles. The van der Waals surface area contributed by atoms with Crippen molar-refractivity contribution in [3.8, 4) is 0 Å². The zero-order chi connectivity index (χ0) is 17.2. The van der Waals surface area contributed by atoms with Gasteiger partial charge in [0.1, 0.15) is 0 Å². The van der Waals surface area contributed by atoms with Crippen LogP contribution in [-0.4, -0.2) is 47.9 Å². The molecule has 1 amide bonds. The van der Waals surface area contributed by atoms with Crippen molar-refractivity contribution in [2.24, 2.45) is 5.92 Å². The van der Waals surface area contributed by atoms with Gasteiger partial charge in [0, 0.05) is 19.0 Å². The summed E-state index contributed by atoms with van der Waals surface area (Å²) in [5.74, 6) is -0.213. The van der Waals surface area contributed by atoms with E-state index in [2.05, 4.69) is 15.3 Å². The lowest BCUT2D eigenvalue weighted by atomic mass is 9.97. The molecule has 8 heteroatoms.